The third kappa shape index (κ3) is 1.48. The summed E-state index contributed by atoms with van der Waals surface area (Å²) in [6.45, 7) is 1.98. The molecule has 2 heteroatoms. The zero-order valence-electron chi connectivity index (χ0n) is 8.01. The normalized spacial score (nSPS) is 15.3. The van der Waals surface area contributed by atoms with Crippen LogP contribution in [0.5, 0.6) is 0 Å². The van der Waals surface area contributed by atoms with Crippen molar-refractivity contribution in [3.05, 3.63) is 39.9 Å². The summed E-state index contributed by atoms with van der Waals surface area (Å²) in [5.74, 6) is 0. The summed E-state index contributed by atoms with van der Waals surface area (Å²) in [4.78, 5) is 10.8. The molecule has 0 saturated heterocycles. The fraction of sp³-hybridized carbons (Fsp3) is 0.250. The molecule has 0 unspecified atom stereocenters. The van der Waals surface area contributed by atoms with Crippen LogP contribution in [0, 0.1) is 0 Å². The summed E-state index contributed by atoms with van der Waals surface area (Å²) in [7, 11) is 0. The number of rotatable bonds is 1. The molecular weight excluding hydrogens is 196 g/mol. The summed E-state index contributed by atoms with van der Waals surface area (Å²) < 4.78 is 0. The second-order valence-electron chi connectivity index (χ2n) is 3.57. The van der Waals surface area contributed by atoms with Gasteiger partial charge in [0.25, 0.3) is 0 Å². The molecule has 0 radical (unpaired) electrons. The number of aldehydes is 1. The molecule has 1 aromatic carbocycles. The number of hydrogen-bond acceptors (Lipinski definition) is 1. The summed E-state index contributed by atoms with van der Waals surface area (Å²) >= 11 is 5.92. The molecule has 0 saturated carbocycles. The van der Waals surface area contributed by atoms with Gasteiger partial charge in [0.15, 0.2) is 0 Å². The molecule has 0 aromatic heterocycles. The molecule has 0 atom stereocenters. The van der Waals surface area contributed by atoms with Crippen molar-refractivity contribution < 1.29 is 4.79 Å². The molecule has 2 rings (SSSR count). The van der Waals surface area contributed by atoms with Gasteiger partial charge in [0.05, 0.1) is 0 Å². The van der Waals surface area contributed by atoms with Crippen LogP contribution >= 0.6 is 11.6 Å². The average molecular weight is 207 g/mol. The number of carbonyl (C=O) groups is 1. The van der Waals surface area contributed by atoms with Gasteiger partial charge in [-0.25, -0.2) is 0 Å². The SMILES string of the molecule is CC1=C(C=O)CCc2ccc(Cl)cc21. The first-order chi connectivity index (χ1) is 6.72. The van der Waals surface area contributed by atoms with E-state index >= 15 is 0 Å². The van der Waals surface area contributed by atoms with Crippen molar-refractivity contribution in [1.82, 2.24) is 0 Å². The quantitative estimate of drug-likeness (QED) is 0.645. The zero-order valence-corrected chi connectivity index (χ0v) is 8.77. The number of fused-ring (bicyclic) bond motifs is 1. The maximum atomic E-state index is 10.8. The van der Waals surface area contributed by atoms with Gasteiger partial charge in [-0.05, 0) is 54.2 Å². The van der Waals surface area contributed by atoms with Gasteiger partial charge >= 0.3 is 0 Å². The van der Waals surface area contributed by atoms with Crippen LogP contribution in [0.1, 0.15) is 24.5 Å². The second kappa shape index (κ2) is 3.58. The highest BCUT2D eigenvalue weighted by Crippen LogP contribution is 2.31. The van der Waals surface area contributed by atoms with Crippen molar-refractivity contribution in [1.29, 1.82) is 0 Å². The monoisotopic (exact) mass is 206 g/mol. The van der Waals surface area contributed by atoms with E-state index in [4.69, 9.17) is 11.6 Å². The van der Waals surface area contributed by atoms with E-state index in [1.165, 1.54) is 5.56 Å². The molecule has 1 aliphatic carbocycles. The van der Waals surface area contributed by atoms with Crippen LogP contribution in [-0.4, -0.2) is 6.29 Å². The minimum Gasteiger partial charge on any atom is -0.298 e. The molecule has 0 bridgehead atoms. The van der Waals surface area contributed by atoms with E-state index in [0.29, 0.717) is 0 Å². The number of allylic oxidation sites excluding steroid dienone is 2. The van der Waals surface area contributed by atoms with E-state index in [9.17, 15) is 4.79 Å². The van der Waals surface area contributed by atoms with E-state index < -0.39 is 0 Å². The molecule has 0 heterocycles. The van der Waals surface area contributed by atoms with Gasteiger partial charge in [0.1, 0.15) is 6.29 Å². The molecule has 0 spiro atoms. The van der Waals surface area contributed by atoms with E-state index in [1.807, 2.05) is 25.1 Å². The molecule has 0 fully saturated rings. The van der Waals surface area contributed by atoms with Crippen LogP contribution < -0.4 is 0 Å². The van der Waals surface area contributed by atoms with Gasteiger partial charge in [-0.15, -0.1) is 0 Å². The van der Waals surface area contributed by atoms with E-state index in [2.05, 4.69) is 0 Å². The molecular formula is C12H11ClO. The number of halogens is 1. The number of benzene rings is 1. The topological polar surface area (TPSA) is 17.1 Å². The van der Waals surface area contributed by atoms with Gasteiger partial charge in [0.2, 0.25) is 0 Å². The van der Waals surface area contributed by atoms with Gasteiger partial charge in [0, 0.05) is 5.02 Å². The predicted molar refractivity (Wildman–Crippen MR) is 58.4 cm³/mol. The third-order valence-corrected chi connectivity index (χ3v) is 3.00. The Morgan fingerprint density at radius 3 is 2.86 bits per heavy atom. The van der Waals surface area contributed by atoms with E-state index in [-0.39, 0.29) is 0 Å². The molecule has 72 valence electrons. The fourth-order valence-corrected chi connectivity index (χ4v) is 2.07. The van der Waals surface area contributed by atoms with Crippen molar-refractivity contribution in [2.45, 2.75) is 19.8 Å². The van der Waals surface area contributed by atoms with Crippen LogP contribution in [0.25, 0.3) is 5.57 Å². The van der Waals surface area contributed by atoms with Gasteiger partial charge in [-0.3, -0.25) is 4.79 Å². The van der Waals surface area contributed by atoms with Crippen LogP contribution in [0.15, 0.2) is 23.8 Å². The van der Waals surface area contributed by atoms with Crippen LogP contribution in [0.3, 0.4) is 0 Å². The van der Waals surface area contributed by atoms with Gasteiger partial charge in [-0.1, -0.05) is 17.7 Å². The first-order valence-electron chi connectivity index (χ1n) is 4.66. The Morgan fingerprint density at radius 2 is 2.14 bits per heavy atom. The van der Waals surface area contributed by atoms with Crippen molar-refractivity contribution in [2.24, 2.45) is 0 Å². The first kappa shape index (κ1) is 9.47. The number of aryl methyl sites for hydroxylation is 1. The molecule has 1 aromatic rings. The first-order valence-corrected chi connectivity index (χ1v) is 5.04. The van der Waals surface area contributed by atoms with Crippen molar-refractivity contribution in [3.8, 4) is 0 Å². The number of carbonyl (C=O) groups excluding carboxylic acids is 1. The lowest BCUT2D eigenvalue weighted by atomic mass is 9.87. The minimum absolute atomic E-state index is 0.732. The standard InChI is InChI=1S/C12H11ClO/c1-8-10(7-14)3-2-9-4-5-11(13)6-12(8)9/h4-7H,2-3H2,1H3. The zero-order chi connectivity index (χ0) is 10.1. The highest BCUT2D eigenvalue weighted by molar-refractivity contribution is 6.30. The lowest BCUT2D eigenvalue weighted by Crippen LogP contribution is -2.04. The Kier molecular flexibility index (Phi) is 2.42. The molecule has 0 N–H and O–H groups in total. The number of hydrogen-bond donors (Lipinski definition) is 0. The Bertz CT molecular complexity index is 418. The average Bonchev–Trinajstić information content (AvgIpc) is 2.20. The van der Waals surface area contributed by atoms with Crippen LogP contribution in [0.2, 0.25) is 5.02 Å². The smallest absolute Gasteiger partial charge is 0.146 e. The van der Waals surface area contributed by atoms with E-state index in [0.717, 1.165) is 40.9 Å². The Labute approximate surface area is 88.4 Å². The second-order valence-corrected chi connectivity index (χ2v) is 4.01. The minimum atomic E-state index is 0.732. The molecule has 1 aliphatic rings. The molecule has 0 aliphatic heterocycles. The summed E-state index contributed by atoms with van der Waals surface area (Å²) in [6.07, 6.45) is 2.75. The largest absolute Gasteiger partial charge is 0.298 e. The summed E-state index contributed by atoms with van der Waals surface area (Å²) in [5.41, 5.74) is 4.40. The fourth-order valence-electron chi connectivity index (χ4n) is 1.89. The maximum absolute atomic E-state index is 10.8. The lowest BCUT2D eigenvalue weighted by molar-refractivity contribution is -0.105. The Hall–Kier alpha value is -1.08. The van der Waals surface area contributed by atoms with Crippen LogP contribution in [-0.2, 0) is 11.2 Å². The maximum Gasteiger partial charge on any atom is 0.146 e. The van der Waals surface area contributed by atoms with Crippen molar-refractivity contribution in [2.75, 3.05) is 0 Å². The Morgan fingerprint density at radius 1 is 1.36 bits per heavy atom. The third-order valence-electron chi connectivity index (χ3n) is 2.76. The molecule has 1 nitrogen and oxygen atoms in total. The van der Waals surface area contributed by atoms with Gasteiger partial charge in [-0.2, -0.15) is 0 Å². The summed E-state index contributed by atoms with van der Waals surface area (Å²) in [6, 6.07) is 5.89. The highest BCUT2D eigenvalue weighted by Gasteiger charge is 2.15. The Balaban J connectivity index is 2.60. The van der Waals surface area contributed by atoms with E-state index in [1.54, 1.807) is 0 Å². The molecule has 14 heavy (non-hydrogen) atoms. The van der Waals surface area contributed by atoms with Gasteiger partial charge < -0.3 is 0 Å². The lowest BCUT2D eigenvalue weighted by Gasteiger charge is -2.18. The van der Waals surface area contributed by atoms with Crippen molar-refractivity contribution in [3.63, 3.8) is 0 Å². The highest BCUT2D eigenvalue weighted by atomic mass is 35.5. The predicted octanol–water partition coefficient (Wildman–Crippen LogP) is 3.26. The van der Waals surface area contributed by atoms with Crippen LogP contribution in [0.4, 0.5) is 0 Å². The van der Waals surface area contributed by atoms with Crippen molar-refractivity contribution >= 4 is 23.5 Å². The molecule has 0 amide bonds. The summed E-state index contributed by atoms with van der Waals surface area (Å²) in [5, 5.41) is 0.732.